The fourth-order valence-electron chi connectivity index (χ4n) is 3.23. The van der Waals surface area contributed by atoms with E-state index in [0.29, 0.717) is 47.8 Å². The number of hydrogen-bond acceptors (Lipinski definition) is 3. The van der Waals surface area contributed by atoms with E-state index in [1.54, 1.807) is 18.3 Å². The van der Waals surface area contributed by atoms with Gasteiger partial charge in [-0.15, -0.1) is 0 Å². The topological polar surface area (TPSA) is 60.3 Å². The lowest BCUT2D eigenvalue weighted by molar-refractivity contribution is 0.0952. The van der Waals surface area contributed by atoms with Crippen molar-refractivity contribution in [1.82, 2.24) is 9.88 Å². The third kappa shape index (κ3) is 2.95. The number of aromatic nitrogens is 1. The van der Waals surface area contributed by atoms with E-state index >= 15 is 0 Å². The fourth-order valence-corrected chi connectivity index (χ4v) is 3.47. The van der Waals surface area contributed by atoms with Gasteiger partial charge >= 0.3 is 0 Å². The van der Waals surface area contributed by atoms with E-state index in [0.717, 1.165) is 5.56 Å². The van der Waals surface area contributed by atoms with Crippen LogP contribution in [0.15, 0.2) is 53.5 Å². The second-order valence-electron chi connectivity index (χ2n) is 6.17. The van der Waals surface area contributed by atoms with Gasteiger partial charge in [-0.3, -0.25) is 9.59 Å². The molecule has 26 heavy (non-hydrogen) atoms. The van der Waals surface area contributed by atoms with Crippen LogP contribution in [-0.4, -0.2) is 23.6 Å². The third-order valence-electron chi connectivity index (χ3n) is 4.51. The summed E-state index contributed by atoms with van der Waals surface area (Å²) < 4.78 is 7.47. The van der Waals surface area contributed by atoms with Crippen molar-refractivity contribution < 1.29 is 9.53 Å². The number of carbonyl (C=O) groups is 1. The highest BCUT2D eigenvalue weighted by atomic mass is 35.5. The molecule has 4 rings (SSSR count). The monoisotopic (exact) mass is 368 g/mol. The molecule has 1 amide bonds. The molecule has 132 valence electrons. The molecule has 2 heterocycles. The van der Waals surface area contributed by atoms with Crippen LogP contribution < -0.4 is 15.5 Å². The van der Waals surface area contributed by atoms with Crippen LogP contribution in [0.2, 0.25) is 5.02 Å². The van der Waals surface area contributed by atoms with Crippen molar-refractivity contribution in [2.75, 3.05) is 13.2 Å². The van der Waals surface area contributed by atoms with Crippen LogP contribution in [0, 0.1) is 0 Å². The zero-order valence-electron chi connectivity index (χ0n) is 14.0. The Bertz CT molecular complexity index is 1040. The highest BCUT2D eigenvalue weighted by Gasteiger charge is 2.22. The molecule has 0 aliphatic carbocycles. The van der Waals surface area contributed by atoms with E-state index in [-0.39, 0.29) is 16.9 Å². The van der Waals surface area contributed by atoms with E-state index in [1.807, 2.05) is 34.9 Å². The van der Waals surface area contributed by atoms with Gasteiger partial charge in [0.2, 0.25) is 5.43 Å². The molecule has 1 aromatic heterocycles. The lowest BCUT2D eigenvalue weighted by atomic mass is 10.1. The molecule has 0 saturated carbocycles. The van der Waals surface area contributed by atoms with Gasteiger partial charge in [-0.2, -0.15) is 0 Å². The predicted molar refractivity (Wildman–Crippen MR) is 101 cm³/mol. The van der Waals surface area contributed by atoms with Crippen molar-refractivity contribution in [3.8, 4) is 5.75 Å². The molecule has 6 heteroatoms. The summed E-state index contributed by atoms with van der Waals surface area (Å²) in [5.74, 6) is 0.230. The Morgan fingerprint density at radius 1 is 1.19 bits per heavy atom. The first kappa shape index (κ1) is 16.7. The third-order valence-corrected chi connectivity index (χ3v) is 4.83. The molecule has 0 bridgehead atoms. The molecule has 0 fully saturated rings. The lowest BCUT2D eigenvalue weighted by Gasteiger charge is -2.22. The van der Waals surface area contributed by atoms with Crippen molar-refractivity contribution in [3.05, 3.63) is 75.0 Å². The highest BCUT2D eigenvalue weighted by molar-refractivity contribution is 6.35. The molecule has 1 aliphatic heterocycles. The van der Waals surface area contributed by atoms with Crippen molar-refractivity contribution >= 4 is 28.4 Å². The molecule has 0 radical (unpaired) electrons. The average Bonchev–Trinajstić information content (AvgIpc) is 2.66. The molecular weight excluding hydrogens is 352 g/mol. The number of nitrogens with one attached hydrogen (secondary N) is 1. The number of rotatable bonds is 4. The quantitative estimate of drug-likeness (QED) is 0.770. The normalized spacial score (nSPS) is 12.7. The molecule has 5 nitrogen and oxygen atoms in total. The molecule has 0 atom stereocenters. The van der Waals surface area contributed by atoms with Gasteiger partial charge in [-0.25, -0.2) is 0 Å². The van der Waals surface area contributed by atoms with E-state index in [2.05, 4.69) is 5.32 Å². The Labute approximate surface area is 155 Å². The van der Waals surface area contributed by atoms with Crippen LogP contribution in [0.3, 0.4) is 0 Å². The van der Waals surface area contributed by atoms with Crippen LogP contribution in [0.4, 0.5) is 0 Å². The molecule has 3 aromatic rings. The Morgan fingerprint density at radius 2 is 2.00 bits per heavy atom. The molecule has 2 aromatic carbocycles. The Morgan fingerprint density at radius 3 is 2.81 bits per heavy atom. The highest BCUT2D eigenvalue weighted by Crippen LogP contribution is 2.31. The number of halogens is 1. The summed E-state index contributed by atoms with van der Waals surface area (Å²) in [7, 11) is 0. The largest absolute Gasteiger partial charge is 0.490 e. The van der Waals surface area contributed by atoms with Gasteiger partial charge in [0.05, 0.1) is 22.5 Å². The maximum absolute atomic E-state index is 12.9. The van der Waals surface area contributed by atoms with E-state index < -0.39 is 0 Å². The molecule has 1 aliphatic rings. The smallest absolute Gasteiger partial charge is 0.256 e. The number of pyridine rings is 1. The van der Waals surface area contributed by atoms with Gasteiger partial charge in [0.25, 0.3) is 5.91 Å². The standard InChI is InChI=1S/C20H17ClN2O3/c21-15-6-7-16-18-17(15)19(24)14(12-23(18)10-11-26-16)20(25)22-9-8-13-4-2-1-3-5-13/h1-7,12H,8-11H2,(H,22,25). The summed E-state index contributed by atoms with van der Waals surface area (Å²) in [5, 5.41) is 3.49. The summed E-state index contributed by atoms with van der Waals surface area (Å²) >= 11 is 6.25. The van der Waals surface area contributed by atoms with Crippen LogP contribution in [-0.2, 0) is 13.0 Å². The maximum Gasteiger partial charge on any atom is 0.256 e. The first-order valence-corrected chi connectivity index (χ1v) is 8.83. The van der Waals surface area contributed by atoms with E-state index in [9.17, 15) is 9.59 Å². The minimum atomic E-state index is -0.385. The van der Waals surface area contributed by atoms with Crippen LogP contribution in [0.1, 0.15) is 15.9 Å². The van der Waals surface area contributed by atoms with Gasteiger partial charge in [0.1, 0.15) is 17.9 Å². The predicted octanol–water partition coefficient (Wildman–Crippen LogP) is 3.02. The van der Waals surface area contributed by atoms with Crippen molar-refractivity contribution in [3.63, 3.8) is 0 Å². The Hall–Kier alpha value is -2.79. The van der Waals surface area contributed by atoms with Crippen LogP contribution in [0.25, 0.3) is 10.9 Å². The molecular formula is C20H17ClN2O3. The van der Waals surface area contributed by atoms with Crippen molar-refractivity contribution in [2.45, 2.75) is 13.0 Å². The van der Waals surface area contributed by atoms with E-state index in [4.69, 9.17) is 16.3 Å². The Balaban J connectivity index is 1.64. The number of amides is 1. The van der Waals surface area contributed by atoms with Gasteiger partial charge in [0, 0.05) is 12.7 Å². The Kier molecular flexibility index (Phi) is 4.39. The fraction of sp³-hybridized carbons (Fsp3) is 0.200. The van der Waals surface area contributed by atoms with Crippen LogP contribution >= 0.6 is 11.6 Å². The SMILES string of the molecule is O=C(NCCc1ccccc1)c1cn2c3c(ccc(Cl)c3c1=O)OCC2. The minimum absolute atomic E-state index is 0.103. The van der Waals surface area contributed by atoms with Gasteiger partial charge < -0.3 is 14.6 Å². The first-order chi connectivity index (χ1) is 12.6. The summed E-state index contributed by atoms with van der Waals surface area (Å²) in [6.07, 6.45) is 2.30. The van der Waals surface area contributed by atoms with Crippen molar-refractivity contribution in [1.29, 1.82) is 0 Å². The molecule has 0 spiro atoms. The van der Waals surface area contributed by atoms with Gasteiger partial charge in [-0.05, 0) is 24.1 Å². The molecule has 0 saturated heterocycles. The number of carbonyl (C=O) groups excluding carboxylic acids is 1. The van der Waals surface area contributed by atoms with Crippen LogP contribution in [0.5, 0.6) is 5.75 Å². The number of nitrogens with zero attached hydrogens (tertiary/aromatic N) is 1. The lowest BCUT2D eigenvalue weighted by Crippen LogP contribution is -2.32. The molecule has 1 N–H and O–H groups in total. The second kappa shape index (κ2) is 6.84. The summed E-state index contributed by atoms with van der Waals surface area (Å²) in [4.78, 5) is 25.4. The number of hydrogen-bond donors (Lipinski definition) is 1. The summed E-state index contributed by atoms with van der Waals surface area (Å²) in [6.45, 7) is 1.51. The summed E-state index contributed by atoms with van der Waals surface area (Å²) in [6, 6.07) is 13.3. The number of ether oxygens (including phenoxy) is 1. The first-order valence-electron chi connectivity index (χ1n) is 8.46. The zero-order valence-corrected chi connectivity index (χ0v) is 14.8. The maximum atomic E-state index is 12.9. The second-order valence-corrected chi connectivity index (χ2v) is 6.58. The average molecular weight is 369 g/mol. The number of benzene rings is 2. The zero-order chi connectivity index (χ0) is 18.1. The summed E-state index contributed by atoms with van der Waals surface area (Å²) in [5.41, 5.74) is 1.51. The van der Waals surface area contributed by atoms with Gasteiger partial charge in [-0.1, -0.05) is 41.9 Å². The van der Waals surface area contributed by atoms with E-state index in [1.165, 1.54) is 0 Å². The molecule has 0 unspecified atom stereocenters. The van der Waals surface area contributed by atoms with Gasteiger partial charge in [0.15, 0.2) is 0 Å². The van der Waals surface area contributed by atoms with Crippen molar-refractivity contribution in [2.24, 2.45) is 0 Å². The minimum Gasteiger partial charge on any atom is -0.490 e.